The second-order valence-corrected chi connectivity index (χ2v) is 6.86. The summed E-state index contributed by atoms with van der Waals surface area (Å²) in [4.78, 5) is 29.2. The predicted molar refractivity (Wildman–Crippen MR) is 112 cm³/mol. The fourth-order valence-electron chi connectivity index (χ4n) is 2.96. The number of para-hydroxylation sites is 2. The van der Waals surface area contributed by atoms with Crippen molar-refractivity contribution in [2.75, 3.05) is 10.6 Å². The molecule has 0 atom stereocenters. The van der Waals surface area contributed by atoms with Crippen LogP contribution in [0.2, 0.25) is 0 Å². The first-order chi connectivity index (χ1) is 13.5. The molecule has 0 unspecified atom stereocenters. The van der Waals surface area contributed by atoms with Crippen LogP contribution in [-0.2, 0) is 6.54 Å². The maximum absolute atomic E-state index is 12.8. The minimum Gasteiger partial charge on any atom is -0.336 e. The predicted octanol–water partition coefficient (Wildman–Crippen LogP) is 4.23. The Morgan fingerprint density at radius 2 is 1.86 bits per heavy atom. The average Bonchev–Trinajstić information content (AvgIpc) is 2.99. The highest BCUT2D eigenvalue weighted by Gasteiger charge is 2.14. The third kappa shape index (κ3) is 4.49. The number of fused-ring (bicyclic) bond motifs is 1. The second kappa shape index (κ2) is 8.56. The van der Waals surface area contributed by atoms with Gasteiger partial charge in [-0.2, -0.15) is 0 Å². The summed E-state index contributed by atoms with van der Waals surface area (Å²) in [6.07, 6.45) is 0.924. The third-order valence-corrected chi connectivity index (χ3v) is 4.13. The van der Waals surface area contributed by atoms with Crippen LogP contribution in [0.4, 0.5) is 16.4 Å². The number of hydrogen-bond donors (Lipinski definition) is 3. The number of urea groups is 1. The van der Waals surface area contributed by atoms with Crippen molar-refractivity contribution < 1.29 is 9.59 Å². The summed E-state index contributed by atoms with van der Waals surface area (Å²) in [5.74, 6) is 0.240. The molecule has 28 heavy (non-hydrogen) atoms. The molecule has 0 spiro atoms. The monoisotopic (exact) mass is 379 g/mol. The number of hydrogen-bond acceptors (Lipinski definition) is 3. The highest BCUT2D eigenvalue weighted by atomic mass is 16.2. The van der Waals surface area contributed by atoms with E-state index in [2.05, 4.69) is 27.9 Å². The Balaban J connectivity index is 1.80. The lowest BCUT2D eigenvalue weighted by Crippen LogP contribution is -2.34. The third-order valence-electron chi connectivity index (χ3n) is 4.13. The lowest BCUT2D eigenvalue weighted by molar-refractivity contribution is 0.102. The number of carbonyl (C=O) groups is 2. The largest absolute Gasteiger partial charge is 0.336 e. The molecule has 3 aromatic rings. The maximum Gasteiger partial charge on any atom is 0.319 e. The first-order valence-corrected chi connectivity index (χ1v) is 9.42. The van der Waals surface area contributed by atoms with Crippen molar-refractivity contribution in [3.8, 4) is 0 Å². The average molecular weight is 379 g/mol. The fraction of sp³-hybridized carbons (Fsp3) is 0.286. The van der Waals surface area contributed by atoms with Crippen LogP contribution in [0.5, 0.6) is 0 Å². The number of aromatic nitrogens is 2. The van der Waals surface area contributed by atoms with Gasteiger partial charge in [-0.25, -0.2) is 9.78 Å². The molecule has 7 heteroatoms. The Morgan fingerprint density at radius 3 is 2.61 bits per heavy atom. The summed E-state index contributed by atoms with van der Waals surface area (Å²) in [7, 11) is 0. The van der Waals surface area contributed by atoms with Crippen molar-refractivity contribution >= 4 is 34.6 Å². The topological polar surface area (TPSA) is 88.0 Å². The minimum atomic E-state index is -0.308. The van der Waals surface area contributed by atoms with Crippen LogP contribution in [0.1, 0.15) is 37.6 Å². The number of benzene rings is 2. The lowest BCUT2D eigenvalue weighted by atomic mass is 10.2. The number of nitrogens with zero attached hydrogens (tertiary/aromatic N) is 2. The van der Waals surface area contributed by atoms with E-state index in [-0.39, 0.29) is 18.0 Å². The first-order valence-electron chi connectivity index (χ1n) is 9.42. The Labute approximate surface area is 164 Å². The van der Waals surface area contributed by atoms with E-state index in [9.17, 15) is 9.59 Å². The zero-order valence-electron chi connectivity index (χ0n) is 16.3. The summed E-state index contributed by atoms with van der Waals surface area (Å²) >= 11 is 0. The standard InChI is InChI=1S/C21H25N5O2/c1-4-12-26-18-11-6-5-10-17(18)24-20(26)25-19(27)15-8-7-9-16(13-15)23-21(28)22-14(2)3/h5-11,13-14H,4,12H2,1-3H3,(H2,22,23,28)(H,24,25,27). The Bertz CT molecular complexity index is 993. The molecule has 1 heterocycles. The van der Waals surface area contributed by atoms with Crippen molar-refractivity contribution in [1.82, 2.24) is 14.9 Å². The number of amides is 3. The highest BCUT2D eigenvalue weighted by molar-refractivity contribution is 6.05. The molecule has 0 radical (unpaired) electrons. The van der Waals surface area contributed by atoms with Crippen molar-refractivity contribution in [3.63, 3.8) is 0 Å². The first kappa shape index (κ1) is 19.4. The number of anilines is 2. The van der Waals surface area contributed by atoms with Crippen LogP contribution in [0.15, 0.2) is 48.5 Å². The van der Waals surface area contributed by atoms with Gasteiger partial charge >= 0.3 is 6.03 Å². The van der Waals surface area contributed by atoms with Crippen LogP contribution < -0.4 is 16.0 Å². The summed E-state index contributed by atoms with van der Waals surface area (Å²) < 4.78 is 2.01. The Morgan fingerprint density at radius 1 is 1.07 bits per heavy atom. The molecule has 3 amide bonds. The van der Waals surface area contributed by atoms with Gasteiger partial charge in [0.15, 0.2) is 0 Å². The molecule has 0 aliphatic rings. The van der Waals surface area contributed by atoms with Crippen molar-refractivity contribution in [1.29, 1.82) is 0 Å². The van der Waals surface area contributed by atoms with Gasteiger partial charge in [-0.1, -0.05) is 25.1 Å². The van der Waals surface area contributed by atoms with Crippen molar-refractivity contribution in [2.45, 2.75) is 39.8 Å². The molecule has 2 aromatic carbocycles. The van der Waals surface area contributed by atoms with Gasteiger partial charge in [-0.05, 0) is 50.6 Å². The van der Waals surface area contributed by atoms with Gasteiger partial charge in [0.2, 0.25) is 5.95 Å². The summed E-state index contributed by atoms with van der Waals surface area (Å²) in [6, 6.07) is 14.3. The van der Waals surface area contributed by atoms with E-state index in [0.717, 1.165) is 24.0 Å². The number of aryl methyl sites for hydroxylation is 1. The van der Waals surface area contributed by atoms with E-state index < -0.39 is 0 Å². The van der Waals surface area contributed by atoms with E-state index in [0.29, 0.717) is 17.2 Å². The van der Waals surface area contributed by atoms with Gasteiger partial charge in [-0.15, -0.1) is 0 Å². The number of carbonyl (C=O) groups excluding carboxylic acids is 2. The van der Waals surface area contributed by atoms with Crippen molar-refractivity contribution in [3.05, 3.63) is 54.1 Å². The molecular weight excluding hydrogens is 354 g/mol. The summed E-state index contributed by atoms with van der Waals surface area (Å²) in [6.45, 7) is 6.60. The van der Waals surface area contributed by atoms with E-state index in [1.165, 1.54) is 0 Å². The van der Waals surface area contributed by atoms with E-state index in [4.69, 9.17) is 0 Å². The number of imidazole rings is 1. The Kier molecular flexibility index (Phi) is 5.93. The van der Waals surface area contributed by atoms with Crippen LogP contribution in [0.25, 0.3) is 11.0 Å². The van der Waals surface area contributed by atoms with Crippen LogP contribution >= 0.6 is 0 Å². The van der Waals surface area contributed by atoms with Gasteiger partial charge in [0, 0.05) is 23.8 Å². The van der Waals surface area contributed by atoms with Gasteiger partial charge in [0.1, 0.15) is 0 Å². The van der Waals surface area contributed by atoms with Crippen LogP contribution in [0, 0.1) is 0 Å². The van der Waals surface area contributed by atoms with E-state index in [1.807, 2.05) is 42.7 Å². The Hall–Kier alpha value is -3.35. The van der Waals surface area contributed by atoms with E-state index >= 15 is 0 Å². The smallest absolute Gasteiger partial charge is 0.319 e. The zero-order valence-corrected chi connectivity index (χ0v) is 16.3. The van der Waals surface area contributed by atoms with Crippen LogP contribution in [0.3, 0.4) is 0 Å². The molecule has 0 aliphatic carbocycles. The number of rotatable bonds is 6. The summed E-state index contributed by atoms with van der Waals surface area (Å²) in [5, 5.41) is 8.39. The minimum absolute atomic E-state index is 0.0260. The van der Waals surface area contributed by atoms with Crippen molar-refractivity contribution in [2.24, 2.45) is 0 Å². The zero-order chi connectivity index (χ0) is 20.1. The maximum atomic E-state index is 12.8. The quantitative estimate of drug-likeness (QED) is 0.599. The molecule has 1 aromatic heterocycles. The number of nitrogens with one attached hydrogen (secondary N) is 3. The van der Waals surface area contributed by atoms with Gasteiger partial charge in [0.25, 0.3) is 5.91 Å². The van der Waals surface area contributed by atoms with E-state index in [1.54, 1.807) is 24.3 Å². The lowest BCUT2D eigenvalue weighted by Gasteiger charge is -2.12. The van der Waals surface area contributed by atoms with Gasteiger partial charge < -0.3 is 15.2 Å². The molecule has 0 fully saturated rings. The molecule has 3 rings (SSSR count). The molecule has 3 N–H and O–H groups in total. The molecule has 0 aliphatic heterocycles. The molecule has 7 nitrogen and oxygen atoms in total. The second-order valence-electron chi connectivity index (χ2n) is 6.86. The van der Waals surface area contributed by atoms with Gasteiger partial charge in [0.05, 0.1) is 11.0 Å². The molecule has 146 valence electrons. The normalized spacial score (nSPS) is 10.9. The SMILES string of the molecule is CCCn1c(NC(=O)c2cccc(NC(=O)NC(C)C)c2)nc2ccccc21. The molecular formula is C21H25N5O2. The molecule has 0 bridgehead atoms. The molecule has 0 saturated heterocycles. The fourth-order valence-corrected chi connectivity index (χ4v) is 2.96. The van der Waals surface area contributed by atoms with Gasteiger partial charge in [-0.3, -0.25) is 10.1 Å². The molecule has 0 saturated carbocycles. The highest BCUT2D eigenvalue weighted by Crippen LogP contribution is 2.21. The summed E-state index contributed by atoms with van der Waals surface area (Å²) in [5.41, 5.74) is 2.82. The van der Waals surface area contributed by atoms with Crippen LogP contribution in [-0.4, -0.2) is 27.5 Å².